The lowest BCUT2D eigenvalue weighted by Gasteiger charge is -2.15. The Kier molecular flexibility index (Phi) is 6.28. The summed E-state index contributed by atoms with van der Waals surface area (Å²) in [6, 6.07) is 9.57. The van der Waals surface area contributed by atoms with Crippen LogP contribution in [0.15, 0.2) is 30.3 Å². The summed E-state index contributed by atoms with van der Waals surface area (Å²) >= 11 is 1.38. The molecule has 1 rings (SSSR count). The number of thioether (sulfide) groups is 1. The molecule has 0 N–H and O–H groups in total. The monoisotopic (exact) mass is 268 g/mol. The summed E-state index contributed by atoms with van der Waals surface area (Å²) in [6.07, 6.45) is 0.238. The molecule has 0 fully saturated rings. The van der Waals surface area contributed by atoms with Crippen molar-refractivity contribution in [3.05, 3.63) is 35.9 Å². The highest BCUT2D eigenvalue weighted by atomic mass is 32.2. The molecule has 1 unspecified atom stereocenters. The van der Waals surface area contributed by atoms with E-state index in [9.17, 15) is 9.59 Å². The second kappa shape index (κ2) is 7.76. The average Bonchev–Trinajstić information content (AvgIpc) is 2.43. The summed E-state index contributed by atoms with van der Waals surface area (Å²) in [5, 5.41) is -0.0993. The fourth-order valence-corrected chi connectivity index (χ4v) is 2.46. The van der Waals surface area contributed by atoms with E-state index in [0.717, 1.165) is 5.56 Å². The molecule has 0 amide bonds. The Balaban J connectivity index is 2.69. The van der Waals surface area contributed by atoms with Gasteiger partial charge in [0.15, 0.2) is 0 Å². The minimum Gasteiger partial charge on any atom is -0.469 e. The Morgan fingerprint density at radius 3 is 2.28 bits per heavy atom. The smallest absolute Gasteiger partial charge is 0.315 e. The maximum atomic E-state index is 11.4. The Morgan fingerprint density at radius 1 is 1.11 bits per heavy atom. The lowest BCUT2D eigenvalue weighted by molar-refractivity contribution is -0.141. The molecule has 5 heteroatoms. The normalized spacial score (nSPS) is 11.7. The summed E-state index contributed by atoms with van der Waals surface area (Å²) < 4.78 is 9.26. The molecule has 0 saturated carbocycles. The summed E-state index contributed by atoms with van der Waals surface area (Å²) in [5.41, 5.74) is 0.997. The zero-order chi connectivity index (χ0) is 13.4. The zero-order valence-corrected chi connectivity index (χ0v) is 11.2. The molecule has 0 radical (unpaired) electrons. The van der Waals surface area contributed by atoms with Crippen LogP contribution in [0.3, 0.4) is 0 Å². The molecule has 98 valence electrons. The Labute approximate surface area is 111 Å². The van der Waals surface area contributed by atoms with Gasteiger partial charge < -0.3 is 9.47 Å². The Morgan fingerprint density at radius 2 is 1.72 bits per heavy atom. The first kappa shape index (κ1) is 14.6. The van der Waals surface area contributed by atoms with Crippen molar-refractivity contribution in [3.63, 3.8) is 0 Å². The van der Waals surface area contributed by atoms with Gasteiger partial charge in [0.05, 0.1) is 26.4 Å². The van der Waals surface area contributed by atoms with E-state index in [1.807, 2.05) is 30.3 Å². The molecule has 0 aliphatic rings. The predicted octanol–water partition coefficient (Wildman–Crippen LogP) is 2.20. The molecule has 0 aliphatic heterocycles. The van der Waals surface area contributed by atoms with Gasteiger partial charge in [0.1, 0.15) is 0 Å². The van der Waals surface area contributed by atoms with Gasteiger partial charge >= 0.3 is 11.9 Å². The van der Waals surface area contributed by atoms with Crippen LogP contribution in [0.25, 0.3) is 0 Å². The molecule has 0 bridgehead atoms. The standard InChI is InChI=1S/C13H16O4S/c1-16-12(14)8-11(18-9-13(15)17-2)10-6-4-3-5-7-10/h3-7,11H,8-9H2,1-2H3. The van der Waals surface area contributed by atoms with Gasteiger partial charge in [-0.05, 0) is 5.56 Å². The lowest BCUT2D eigenvalue weighted by atomic mass is 10.1. The maximum Gasteiger partial charge on any atom is 0.315 e. The highest BCUT2D eigenvalue weighted by Gasteiger charge is 2.18. The van der Waals surface area contributed by atoms with Crippen molar-refractivity contribution >= 4 is 23.7 Å². The second-order valence-corrected chi connectivity index (χ2v) is 4.76. The SMILES string of the molecule is COC(=O)CSC(CC(=O)OC)c1ccccc1. The second-order valence-electron chi connectivity index (χ2n) is 3.57. The number of carbonyl (C=O) groups excluding carboxylic acids is 2. The molecule has 4 nitrogen and oxygen atoms in total. The van der Waals surface area contributed by atoms with Crippen LogP contribution < -0.4 is 0 Å². The van der Waals surface area contributed by atoms with Crippen molar-refractivity contribution in [2.45, 2.75) is 11.7 Å². The summed E-state index contributed by atoms with van der Waals surface area (Å²) in [4.78, 5) is 22.5. The highest BCUT2D eigenvalue weighted by Crippen LogP contribution is 2.32. The topological polar surface area (TPSA) is 52.6 Å². The molecule has 0 spiro atoms. The van der Waals surface area contributed by atoms with E-state index in [1.54, 1.807) is 0 Å². The molecule has 0 aliphatic carbocycles. The van der Waals surface area contributed by atoms with Crippen LogP contribution in [-0.2, 0) is 19.1 Å². The number of methoxy groups -OCH3 is 2. The van der Waals surface area contributed by atoms with E-state index in [-0.39, 0.29) is 29.4 Å². The lowest BCUT2D eigenvalue weighted by Crippen LogP contribution is -2.10. The van der Waals surface area contributed by atoms with Crippen LogP contribution in [-0.4, -0.2) is 31.9 Å². The number of ether oxygens (including phenoxy) is 2. The van der Waals surface area contributed by atoms with E-state index in [4.69, 9.17) is 0 Å². The largest absolute Gasteiger partial charge is 0.469 e. The molecule has 1 atom stereocenters. The van der Waals surface area contributed by atoms with E-state index in [1.165, 1.54) is 26.0 Å². The number of hydrogen-bond acceptors (Lipinski definition) is 5. The number of hydrogen-bond donors (Lipinski definition) is 0. The van der Waals surface area contributed by atoms with Crippen LogP contribution in [0.2, 0.25) is 0 Å². The van der Waals surface area contributed by atoms with E-state index >= 15 is 0 Å². The minimum atomic E-state index is -0.300. The number of benzene rings is 1. The van der Waals surface area contributed by atoms with E-state index in [0.29, 0.717) is 0 Å². The summed E-state index contributed by atoms with van der Waals surface area (Å²) in [6.45, 7) is 0. The predicted molar refractivity (Wildman–Crippen MR) is 70.3 cm³/mol. The Hall–Kier alpha value is -1.49. The summed E-state index contributed by atoms with van der Waals surface area (Å²) in [5.74, 6) is -0.375. The zero-order valence-electron chi connectivity index (χ0n) is 10.4. The van der Waals surface area contributed by atoms with E-state index in [2.05, 4.69) is 9.47 Å². The molecule has 18 heavy (non-hydrogen) atoms. The van der Waals surface area contributed by atoms with Gasteiger partial charge in [-0.2, -0.15) is 0 Å². The Bertz CT molecular complexity index is 391. The van der Waals surface area contributed by atoms with Gasteiger partial charge in [-0.1, -0.05) is 30.3 Å². The van der Waals surface area contributed by atoms with Crippen LogP contribution in [0, 0.1) is 0 Å². The fourth-order valence-electron chi connectivity index (χ4n) is 1.40. The van der Waals surface area contributed by atoms with Crippen molar-refractivity contribution in [3.8, 4) is 0 Å². The molecule has 1 aromatic rings. The van der Waals surface area contributed by atoms with Crippen molar-refractivity contribution in [1.82, 2.24) is 0 Å². The first-order chi connectivity index (χ1) is 8.67. The maximum absolute atomic E-state index is 11.4. The number of rotatable bonds is 6. The van der Waals surface area contributed by atoms with Crippen LogP contribution in [0.5, 0.6) is 0 Å². The number of carbonyl (C=O) groups is 2. The molecule has 0 saturated heterocycles. The fraction of sp³-hybridized carbons (Fsp3) is 0.385. The van der Waals surface area contributed by atoms with Crippen molar-refractivity contribution < 1.29 is 19.1 Å². The third-order valence-electron chi connectivity index (χ3n) is 2.38. The van der Waals surface area contributed by atoms with E-state index < -0.39 is 0 Å². The summed E-state index contributed by atoms with van der Waals surface area (Å²) in [7, 11) is 2.70. The molecule has 0 aromatic heterocycles. The third kappa shape index (κ3) is 4.79. The van der Waals surface area contributed by atoms with Crippen LogP contribution in [0.1, 0.15) is 17.2 Å². The molecule has 0 heterocycles. The van der Waals surface area contributed by atoms with Crippen molar-refractivity contribution in [2.24, 2.45) is 0 Å². The molecular formula is C13H16O4S. The number of esters is 2. The van der Waals surface area contributed by atoms with Crippen LogP contribution in [0.4, 0.5) is 0 Å². The minimum absolute atomic E-state index is 0.0993. The highest BCUT2D eigenvalue weighted by molar-refractivity contribution is 8.00. The average molecular weight is 268 g/mol. The molecule has 1 aromatic carbocycles. The van der Waals surface area contributed by atoms with Crippen molar-refractivity contribution in [2.75, 3.05) is 20.0 Å². The van der Waals surface area contributed by atoms with Crippen LogP contribution >= 0.6 is 11.8 Å². The van der Waals surface area contributed by atoms with Gasteiger partial charge in [-0.15, -0.1) is 11.8 Å². The van der Waals surface area contributed by atoms with Gasteiger partial charge in [0.2, 0.25) is 0 Å². The van der Waals surface area contributed by atoms with Crippen molar-refractivity contribution in [1.29, 1.82) is 0 Å². The first-order valence-corrected chi connectivity index (χ1v) is 6.52. The quantitative estimate of drug-likeness (QED) is 0.740. The first-order valence-electron chi connectivity index (χ1n) is 5.47. The van der Waals surface area contributed by atoms with Gasteiger partial charge in [-0.3, -0.25) is 9.59 Å². The molecular weight excluding hydrogens is 252 g/mol. The van der Waals surface area contributed by atoms with Gasteiger partial charge in [0.25, 0.3) is 0 Å². The van der Waals surface area contributed by atoms with Gasteiger partial charge in [-0.25, -0.2) is 0 Å². The van der Waals surface area contributed by atoms with Gasteiger partial charge in [0, 0.05) is 5.25 Å². The third-order valence-corrected chi connectivity index (χ3v) is 3.62.